The van der Waals surface area contributed by atoms with Crippen LogP contribution in [0, 0.1) is 12.7 Å². The standard InChI is InChI=1S/C13H14ClFN4O/c1-8-10(14)7-19(18-8)5-4-13(20)17-12-3-2-9(15)6-11(12)16/h2-3,6-7H,4-5,16H2,1H3,(H,17,20). The zero-order valence-electron chi connectivity index (χ0n) is 10.9. The minimum atomic E-state index is -0.442. The Kier molecular flexibility index (Phi) is 4.24. The molecule has 7 heteroatoms. The number of halogens is 2. The van der Waals surface area contributed by atoms with Gasteiger partial charge in [-0.3, -0.25) is 9.48 Å². The predicted octanol–water partition coefficient (Wildman–Crippen LogP) is 2.60. The Bertz CT molecular complexity index is 622. The zero-order chi connectivity index (χ0) is 14.7. The summed E-state index contributed by atoms with van der Waals surface area (Å²) in [4.78, 5) is 11.8. The number of nitrogens with two attached hydrogens (primary N) is 1. The van der Waals surface area contributed by atoms with Crippen molar-refractivity contribution in [3.8, 4) is 0 Å². The van der Waals surface area contributed by atoms with Crippen molar-refractivity contribution < 1.29 is 9.18 Å². The van der Waals surface area contributed by atoms with Crippen molar-refractivity contribution in [2.45, 2.75) is 19.9 Å². The second-order valence-corrected chi connectivity index (χ2v) is 4.76. The Morgan fingerprint density at radius 1 is 1.55 bits per heavy atom. The summed E-state index contributed by atoms with van der Waals surface area (Å²) < 4.78 is 14.5. The van der Waals surface area contributed by atoms with E-state index >= 15 is 0 Å². The topological polar surface area (TPSA) is 72.9 Å². The van der Waals surface area contributed by atoms with Crippen molar-refractivity contribution in [1.82, 2.24) is 9.78 Å². The van der Waals surface area contributed by atoms with Gasteiger partial charge in [-0.25, -0.2) is 4.39 Å². The molecule has 0 aliphatic heterocycles. The molecular formula is C13H14ClFN4O. The summed E-state index contributed by atoms with van der Waals surface area (Å²) in [6.45, 7) is 2.19. The lowest BCUT2D eigenvalue weighted by Gasteiger charge is -2.08. The van der Waals surface area contributed by atoms with Gasteiger partial charge in [-0.2, -0.15) is 5.10 Å². The summed E-state index contributed by atoms with van der Waals surface area (Å²) in [6.07, 6.45) is 1.88. The molecule has 1 aromatic heterocycles. The minimum Gasteiger partial charge on any atom is -0.397 e. The van der Waals surface area contributed by atoms with Crippen molar-refractivity contribution in [2.75, 3.05) is 11.1 Å². The molecule has 1 aromatic carbocycles. The lowest BCUT2D eigenvalue weighted by Crippen LogP contribution is -2.15. The number of carbonyl (C=O) groups excluding carboxylic acids is 1. The van der Waals surface area contributed by atoms with Gasteiger partial charge in [0, 0.05) is 19.2 Å². The second kappa shape index (κ2) is 5.92. The average molecular weight is 297 g/mol. The quantitative estimate of drug-likeness (QED) is 0.852. The minimum absolute atomic E-state index is 0.191. The molecule has 2 rings (SSSR count). The molecule has 0 bridgehead atoms. The molecule has 3 N–H and O–H groups in total. The molecule has 0 aliphatic rings. The molecule has 0 saturated heterocycles. The fourth-order valence-corrected chi connectivity index (χ4v) is 1.83. The maximum absolute atomic E-state index is 12.9. The van der Waals surface area contributed by atoms with Crippen LogP contribution in [-0.4, -0.2) is 15.7 Å². The third-order valence-corrected chi connectivity index (χ3v) is 3.11. The lowest BCUT2D eigenvalue weighted by molar-refractivity contribution is -0.116. The summed E-state index contributed by atoms with van der Waals surface area (Å²) in [6, 6.07) is 3.83. The number of rotatable bonds is 4. The maximum Gasteiger partial charge on any atom is 0.226 e. The van der Waals surface area contributed by atoms with Crippen LogP contribution in [-0.2, 0) is 11.3 Å². The van der Waals surface area contributed by atoms with Crippen LogP contribution in [0.1, 0.15) is 12.1 Å². The second-order valence-electron chi connectivity index (χ2n) is 4.36. The molecule has 0 spiro atoms. The number of hydrogen-bond acceptors (Lipinski definition) is 3. The van der Waals surface area contributed by atoms with Gasteiger partial charge in [0.2, 0.25) is 5.91 Å². The summed E-state index contributed by atoms with van der Waals surface area (Å²) >= 11 is 5.87. The van der Waals surface area contributed by atoms with Crippen molar-refractivity contribution in [3.63, 3.8) is 0 Å². The normalized spacial score (nSPS) is 10.6. The highest BCUT2D eigenvalue weighted by Crippen LogP contribution is 2.19. The highest BCUT2D eigenvalue weighted by atomic mass is 35.5. The molecule has 0 saturated carbocycles. The molecule has 0 radical (unpaired) electrons. The van der Waals surface area contributed by atoms with Crippen molar-refractivity contribution in [2.24, 2.45) is 0 Å². The molecule has 1 amide bonds. The first kappa shape index (κ1) is 14.3. The van der Waals surface area contributed by atoms with Crippen LogP contribution in [0.5, 0.6) is 0 Å². The van der Waals surface area contributed by atoms with E-state index in [4.69, 9.17) is 17.3 Å². The van der Waals surface area contributed by atoms with Gasteiger partial charge in [-0.15, -0.1) is 0 Å². The lowest BCUT2D eigenvalue weighted by atomic mass is 10.2. The largest absolute Gasteiger partial charge is 0.397 e. The van der Waals surface area contributed by atoms with Gasteiger partial charge in [0.25, 0.3) is 0 Å². The van der Waals surface area contributed by atoms with Gasteiger partial charge in [-0.05, 0) is 25.1 Å². The molecule has 0 fully saturated rings. The third kappa shape index (κ3) is 3.48. The van der Waals surface area contributed by atoms with Crippen LogP contribution in [0.15, 0.2) is 24.4 Å². The fraction of sp³-hybridized carbons (Fsp3) is 0.231. The van der Waals surface area contributed by atoms with Crippen LogP contribution >= 0.6 is 11.6 Å². The molecule has 20 heavy (non-hydrogen) atoms. The number of benzene rings is 1. The first-order valence-corrected chi connectivity index (χ1v) is 6.38. The average Bonchev–Trinajstić information content (AvgIpc) is 2.70. The smallest absolute Gasteiger partial charge is 0.226 e. The molecule has 106 valence electrons. The van der Waals surface area contributed by atoms with E-state index in [1.165, 1.54) is 12.1 Å². The number of nitrogen functional groups attached to an aromatic ring is 1. The number of amides is 1. The van der Waals surface area contributed by atoms with Gasteiger partial charge >= 0.3 is 0 Å². The van der Waals surface area contributed by atoms with Crippen LogP contribution in [0.25, 0.3) is 0 Å². The van der Waals surface area contributed by atoms with E-state index in [1.54, 1.807) is 17.8 Å². The van der Waals surface area contributed by atoms with Crippen molar-refractivity contribution in [1.29, 1.82) is 0 Å². The Balaban J connectivity index is 1.92. The van der Waals surface area contributed by atoms with Gasteiger partial charge < -0.3 is 11.1 Å². The van der Waals surface area contributed by atoms with Crippen LogP contribution in [0.2, 0.25) is 5.02 Å². The number of carbonyl (C=O) groups is 1. The van der Waals surface area contributed by atoms with Crippen LogP contribution in [0.4, 0.5) is 15.8 Å². The number of anilines is 2. The van der Waals surface area contributed by atoms with E-state index in [2.05, 4.69) is 10.4 Å². The van der Waals surface area contributed by atoms with Gasteiger partial charge in [0.15, 0.2) is 0 Å². The zero-order valence-corrected chi connectivity index (χ0v) is 11.6. The molecule has 0 unspecified atom stereocenters. The summed E-state index contributed by atoms with van der Waals surface area (Å²) in [7, 11) is 0. The van der Waals surface area contributed by atoms with E-state index < -0.39 is 5.82 Å². The fourth-order valence-electron chi connectivity index (χ4n) is 1.68. The van der Waals surface area contributed by atoms with Gasteiger partial charge in [0.05, 0.1) is 22.1 Å². The Morgan fingerprint density at radius 2 is 2.30 bits per heavy atom. The summed E-state index contributed by atoms with van der Waals surface area (Å²) in [5.74, 6) is -0.672. The van der Waals surface area contributed by atoms with Crippen LogP contribution < -0.4 is 11.1 Å². The summed E-state index contributed by atoms with van der Waals surface area (Å²) in [5.41, 5.74) is 6.91. The molecule has 1 heterocycles. The van der Waals surface area contributed by atoms with E-state index in [9.17, 15) is 9.18 Å². The molecule has 0 atom stereocenters. The number of nitrogens with one attached hydrogen (secondary N) is 1. The Morgan fingerprint density at radius 3 is 2.90 bits per heavy atom. The van der Waals surface area contributed by atoms with Gasteiger partial charge in [0.1, 0.15) is 5.82 Å². The highest BCUT2D eigenvalue weighted by Gasteiger charge is 2.08. The van der Waals surface area contributed by atoms with E-state index in [0.717, 1.165) is 11.8 Å². The summed E-state index contributed by atoms with van der Waals surface area (Å²) in [5, 5.41) is 7.34. The van der Waals surface area contributed by atoms with Crippen LogP contribution in [0.3, 0.4) is 0 Å². The Hall–Kier alpha value is -2.08. The number of hydrogen-bond donors (Lipinski definition) is 2. The SMILES string of the molecule is Cc1nn(CCC(=O)Nc2ccc(F)cc2N)cc1Cl. The molecule has 2 aromatic rings. The number of aryl methyl sites for hydroxylation is 2. The van der Waals surface area contributed by atoms with Crippen molar-refractivity contribution in [3.05, 3.63) is 40.9 Å². The van der Waals surface area contributed by atoms with E-state index in [-0.39, 0.29) is 18.0 Å². The monoisotopic (exact) mass is 296 g/mol. The van der Waals surface area contributed by atoms with E-state index in [0.29, 0.717) is 17.3 Å². The molecule has 5 nitrogen and oxygen atoms in total. The molecule has 0 aliphatic carbocycles. The number of aromatic nitrogens is 2. The third-order valence-electron chi connectivity index (χ3n) is 2.74. The highest BCUT2D eigenvalue weighted by molar-refractivity contribution is 6.31. The number of nitrogens with zero attached hydrogens (tertiary/aromatic N) is 2. The maximum atomic E-state index is 12.9. The van der Waals surface area contributed by atoms with E-state index in [1.807, 2.05) is 0 Å². The van der Waals surface area contributed by atoms with Gasteiger partial charge in [-0.1, -0.05) is 11.6 Å². The first-order valence-electron chi connectivity index (χ1n) is 6.00. The first-order chi connectivity index (χ1) is 9.45. The Labute approximate surface area is 120 Å². The predicted molar refractivity (Wildman–Crippen MR) is 76.0 cm³/mol. The molecular weight excluding hydrogens is 283 g/mol. The van der Waals surface area contributed by atoms with Crippen molar-refractivity contribution >= 4 is 28.9 Å².